The molecule has 4 N–H and O–H groups in total. The molecule has 0 heterocycles. The minimum Gasteiger partial charge on any atom is -0.481 e. The maximum atomic E-state index is 11.1. The Hall–Kier alpha value is -1.10. The minimum absolute atomic E-state index is 0.0469. The lowest BCUT2D eigenvalue weighted by atomic mass is 10.1. The number of carboxylic acid groups (broad SMARTS) is 1. The molecule has 0 saturated carbocycles. The number of amides is 1. The lowest BCUT2D eigenvalue weighted by Crippen LogP contribution is -2.32. The number of carboxylic acids is 1. The summed E-state index contributed by atoms with van der Waals surface area (Å²) in [5, 5.41) is 10.8. The first-order chi connectivity index (χ1) is 6.56. The van der Waals surface area contributed by atoms with Gasteiger partial charge in [0.15, 0.2) is 0 Å². The van der Waals surface area contributed by atoms with E-state index in [2.05, 4.69) is 5.32 Å². The van der Waals surface area contributed by atoms with Crippen LogP contribution in [0.3, 0.4) is 0 Å². The highest BCUT2D eigenvalue weighted by Crippen LogP contribution is 1.97. The molecule has 5 nitrogen and oxygen atoms in total. The van der Waals surface area contributed by atoms with Crippen molar-refractivity contribution in [2.45, 2.75) is 38.6 Å². The molecule has 0 aliphatic carbocycles. The van der Waals surface area contributed by atoms with Crippen LogP contribution in [0.4, 0.5) is 0 Å². The van der Waals surface area contributed by atoms with Gasteiger partial charge in [-0.1, -0.05) is 13.3 Å². The number of nitrogens with two attached hydrogens (primary N) is 1. The molecule has 1 atom stereocenters. The van der Waals surface area contributed by atoms with E-state index >= 15 is 0 Å². The quantitative estimate of drug-likeness (QED) is 0.545. The summed E-state index contributed by atoms with van der Waals surface area (Å²) >= 11 is 0. The van der Waals surface area contributed by atoms with Crippen LogP contribution in [0.1, 0.15) is 32.6 Å². The SMILES string of the molecule is CCCC(N)CC(=O)NCCC(=O)O. The molecule has 0 bridgehead atoms. The second kappa shape index (κ2) is 7.32. The predicted octanol–water partition coefficient (Wildman–Crippen LogP) is 0.0948. The normalized spacial score (nSPS) is 12.1. The molecule has 0 aromatic carbocycles. The van der Waals surface area contributed by atoms with Gasteiger partial charge in [-0.15, -0.1) is 0 Å². The minimum atomic E-state index is -0.914. The van der Waals surface area contributed by atoms with E-state index in [0.29, 0.717) is 0 Å². The predicted molar refractivity (Wildman–Crippen MR) is 52.8 cm³/mol. The molecule has 1 unspecified atom stereocenters. The third-order valence-electron chi connectivity index (χ3n) is 1.77. The molecule has 0 saturated heterocycles. The van der Waals surface area contributed by atoms with Gasteiger partial charge in [0.05, 0.1) is 6.42 Å². The molecular formula is C9H18N2O3. The first-order valence-electron chi connectivity index (χ1n) is 4.80. The molecule has 0 aliphatic rings. The number of carbonyl (C=O) groups excluding carboxylic acids is 1. The van der Waals surface area contributed by atoms with Crippen LogP contribution in [-0.4, -0.2) is 29.6 Å². The van der Waals surface area contributed by atoms with Crippen molar-refractivity contribution < 1.29 is 14.7 Å². The van der Waals surface area contributed by atoms with Crippen molar-refractivity contribution in [1.82, 2.24) is 5.32 Å². The lowest BCUT2D eigenvalue weighted by molar-refractivity contribution is -0.136. The summed E-state index contributed by atoms with van der Waals surface area (Å²) in [5.74, 6) is -1.09. The van der Waals surface area contributed by atoms with Crippen LogP contribution in [0.25, 0.3) is 0 Å². The number of hydrogen-bond donors (Lipinski definition) is 3. The Morgan fingerprint density at radius 2 is 2.14 bits per heavy atom. The monoisotopic (exact) mass is 202 g/mol. The van der Waals surface area contributed by atoms with Gasteiger partial charge in [0.25, 0.3) is 0 Å². The van der Waals surface area contributed by atoms with Gasteiger partial charge in [-0.2, -0.15) is 0 Å². The molecule has 0 aliphatic heterocycles. The van der Waals surface area contributed by atoms with Crippen molar-refractivity contribution in [2.75, 3.05) is 6.54 Å². The molecule has 14 heavy (non-hydrogen) atoms. The summed E-state index contributed by atoms with van der Waals surface area (Å²) in [5.41, 5.74) is 5.64. The molecule has 0 aromatic heterocycles. The van der Waals surface area contributed by atoms with Gasteiger partial charge < -0.3 is 16.2 Å². The Kier molecular flexibility index (Phi) is 6.74. The van der Waals surface area contributed by atoms with Crippen LogP contribution >= 0.6 is 0 Å². The molecule has 0 fully saturated rings. The van der Waals surface area contributed by atoms with Crippen molar-refractivity contribution >= 4 is 11.9 Å². The Labute approximate surface area is 83.7 Å². The fraction of sp³-hybridized carbons (Fsp3) is 0.778. The van der Waals surface area contributed by atoms with Gasteiger partial charge >= 0.3 is 5.97 Å². The van der Waals surface area contributed by atoms with Gasteiger partial charge in [0, 0.05) is 19.0 Å². The van der Waals surface area contributed by atoms with Gasteiger partial charge in [-0.3, -0.25) is 9.59 Å². The average molecular weight is 202 g/mol. The summed E-state index contributed by atoms with van der Waals surface area (Å²) in [7, 11) is 0. The number of nitrogens with one attached hydrogen (secondary N) is 1. The van der Waals surface area contributed by atoms with Gasteiger partial charge in [-0.25, -0.2) is 0 Å². The standard InChI is InChI=1S/C9H18N2O3/c1-2-3-7(10)6-8(12)11-5-4-9(13)14/h7H,2-6,10H2,1H3,(H,11,12)(H,13,14). The third-order valence-corrected chi connectivity index (χ3v) is 1.77. The van der Waals surface area contributed by atoms with E-state index in [1.54, 1.807) is 0 Å². The molecular weight excluding hydrogens is 184 g/mol. The lowest BCUT2D eigenvalue weighted by Gasteiger charge is -2.09. The fourth-order valence-electron chi connectivity index (χ4n) is 1.09. The van der Waals surface area contributed by atoms with E-state index in [1.807, 2.05) is 6.92 Å². The molecule has 5 heteroatoms. The van der Waals surface area contributed by atoms with E-state index in [-0.39, 0.29) is 31.3 Å². The maximum absolute atomic E-state index is 11.1. The summed E-state index contributed by atoms with van der Waals surface area (Å²) in [4.78, 5) is 21.3. The summed E-state index contributed by atoms with van der Waals surface area (Å²) in [6, 6.07) is -0.121. The van der Waals surface area contributed by atoms with E-state index in [0.717, 1.165) is 12.8 Å². The highest BCUT2D eigenvalue weighted by Gasteiger charge is 2.08. The van der Waals surface area contributed by atoms with Crippen LogP contribution in [0, 0.1) is 0 Å². The zero-order valence-corrected chi connectivity index (χ0v) is 8.45. The zero-order valence-electron chi connectivity index (χ0n) is 8.45. The molecule has 0 aromatic rings. The second-order valence-electron chi connectivity index (χ2n) is 3.25. The first kappa shape index (κ1) is 12.9. The molecule has 0 radical (unpaired) electrons. The number of aliphatic carboxylic acids is 1. The van der Waals surface area contributed by atoms with E-state index < -0.39 is 5.97 Å². The molecule has 82 valence electrons. The van der Waals surface area contributed by atoms with Crippen molar-refractivity contribution in [3.05, 3.63) is 0 Å². The van der Waals surface area contributed by atoms with Crippen molar-refractivity contribution in [3.8, 4) is 0 Å². The number of rotatable bonds is 7. The van der Waals surface area contributed by atoms with E-state index in [4.69, 9.17) is 10.8 Å². The second-order valence-corrected chi connectivity index (χ2v) is 3.25. The third kappa shape index (κ3) is 7.54. The first-order valence-corrected chi connectivity index (χ1v) is 4.80. The fourth-order valence-corrected chi connectivity index (χ4v) is 1.09. The van der Waals surface area contributed by atoms with Crippen molar-refractivity contribution in [2.24, 2.45) is 5.73 Å². The summed E-state index contributed by atoms with van der Waals surface area (Å²) in [6.07, 6.45) is 1.98. The Bertz CT molecular complexity index is 194. The number of carbonyl (C=O) groups is 2. The highest BCUT2D eigenvalue weighted by molar-refractivity contribution is 5.77. The Balaban J connectivity index is 3.50. The zero-order chi connectivity index (χ0) is 11.0. The highest BCUT2D eigenvalue weighted by atomic mass is 16.4. The summed E-state index contributed by atoms with van der Waals surface area (Å²) in [6.45, 7) is 2.18. The van der Waals surface area contributed by atoms with Crippen LogP contribution in [0.5, 0.6) is 0 Å². The molecule has 0 spiro atoms. The van der Waals surface area contributed by atoms with Crippen molar-refractivity contribution in [3.63, 3.8) is 0 Å². The Morgan fingerprint density at radius 3 is 2.64 bits per heavy atom. The van der Waals surface area contributed by atoms with Crippen molar-refractivity contribution in [1.29, 1.82) is 0 Å². The van der Waals surface area contributed by atoms with Crippen LogP contribution < -0.4 is 11.1 Å². The molecule has 1 amide bonds. The topological polar surface area (TPSA) is 92.4 Å². The smallest absolute Gasteiger partial charge is 0.305 e. The summed E-state index contributed by atoms with van der Waals surface area (Å²) < 4.78 is 0. The van der Waals surface area contributed by atoms with Crippen LogP contribution in [0.15, 0.2) is 0 Å². The molecule has 0 rings (SSSR count). The average Bonchev–Trinajstić information content (AvgIpc) is 2.03. The van der Waals surface area contributed by atoms with Crippen LogP contribution in [-0.2, 0) is 9.59 Å². The largest absolute Gasteiger partial charge is 0.481 e. The van der Waals surface area contributed by atoms with Crippen LogP contribution in [0.2, 0.25) is 0 Å². The van der Waals surface area contributed by atoms with Gasteiger partial charge in [0.2, 0.25) is 5.91 Å². The van der Waals surface area contributed by atoms with E-state index in [1.165, 1.54) is 0 Å². The Morgan fingerprint density at radius 1 is 1.50 bits per heavy atom. The maximum Gasteiger partial charge on any atom is 0.305 e. The van der Waals surface area contributed by atoms with E-state index in [9.17, 15) is 9.59 Å². The van der Waals surface area contributed by atoms with Gasteiger partial charge in [0.1, 0.15) is 0 Å². The van der Waals surface area contributed by atoms with Gasteiger partial charge in [-0.05, 0) is 6.42 Å². The number of hydrogen-bond acceptors (Lipinski definition) is 3.